The van der Waals surface area contributed by atoms with Crippen LogP contribution in [-0.2, 0) is 0 Å². The van der Waals surface area contributed by atoms with Crippen LogP contribution in [-0.4, -0.2) is 19.0 Å². The number of hydrogen-bond donors (Lipinski definition) is 0. The van der Waals surface area contributed by atoms with Crippen LogP contribution >= 0.6 is 22.6 Å². The zero-order chi connectivity index (χ0) is 11.5. The first-order valence-corrected chi connectivity index (χ1v) is 6.57. The maximum Gasteiger partial charge on any atom is 0.258 e. The molecule has 1 nitrogen and oxygen atoms in total. The van der Waals surface area contributed by atoms with Crippen LogP contribution in [0.3, 0.4) is 0 Å². The van der Waals surface area contributed by atoms with Gasteiger partial charge in [0.25, 0.3) is 6.43 Å². The van der Waals surface area contributed by atoms with Crippen LogP contribution in [0.2, 0.25) is 0 Å². The minimum absolute atomic E-state index is 0.601. The zero-order valence-corrected chi connectivity index (χ0v) is 11.0. The van der Waals surface area contributed by atoms with Crippen LogP contribution in [0.25, 0.3) is 0 Å². The van der Waals surface area contributed by atoms with E-state index in [4.69, 9.17) is 0 Å². The van der Waals surface area contributed by atoms with Gasteiger partial charge in [0.05, 0.1) is 6.04 Å². The van der Waals surface area contributed by atoms with Gasteiger partial charge in [-0.3, -0.25) is 0 Å². The van der Waals surface area contributed by atoms with E-state index in [2.05, 4.69) is 22.6 Å². The van der Waals surface area contributed by atoms with E-state index in [0.29, 0.717) is 6.42 Å². The Hall–Kier alpha value is -0.390. The molecule has 1 fully saturated rings. The molecule has 1 aliphatic heterocycles. The van der Waals surface area contributed by atoms with Gasteiger partial charge in [-0.05, 0) is 66.1 Å². The molecule has 4 heteroatoms. The Bertz CT molecular complexity index is 339. The van der Waals surface area contributed by atoms with Crippen molar-refractivity contribution in [3.63, 3.8) is 0 Å². The quantitative estimate of drug-likeness (QED) is 0.740. The molecule has 2 rings (SSSR count). The molecule has 1 aliphatic rings. The molecule has 1 atom stereocenters. The molecular weight excluding hydrogens is 323 g/mol. The molecule has 16 heavy (non-hydrogen) atoms. The monoisotopic (exact) mass is 337 g/mol. The largest absolute Gasteiger partial charge is 0.363 e. The normalized spacial score (nSPS) is 21.5. The molecule has 0 N–H and O–H groups in total. The second-order valence-corrected chi connectivity index (χ2v) is 5.31. The van der Waals surface area contributed by atoms with E-state index in [0.717, 1.165) is 28.6 Å². The van der Waals surface area contributed by atoms with Gasteiger partial charge in [0.15, 0.2) is 0 Å². The fourth-order valence-electron chi connectivity index (χ4n) is 2.17. The van der Waals surface area contributed by atoms with Gasteiger partial charge in [0.1, 0.15) is 0 Å². The molecule has 0 spiro atoms. The zero-order valence-electron chi connectivity index (χ0n) is 8.87. The first kappa shape index (κ1) is 12.1. The third-order valence-electron chi connectivity index (χ3n) is 3.00. The first-order chi connectivity index (χ1) is 7.68. The maximum absolute atomic E-state index is 12.9. The number of anilines is 1. The number of halogens is 3. The summed E-state index contributed by atoms with van der Waals surface area (Å²) in [7, 11) is 0. The molecule has 0 aromatic heterocycles. The van der Waals surface area contributed by atoms with Crippen LogP contribution in [0, 0.1) is 3.57 Å². The summed E-state index contributed by atoms with van der Waals surface area (Å²) in [6, 6.07) is 7.19. The van der Waals surface area contributed by atoms with Crippen LogP contribution < -0.4 is 4.90 Å². The molecule has 1 unspecified atom stereocenters. The summed E-state index contributed by atoms with van der Waals surface area (Å²) >= 11 is 2.22. The molecule has 1 heterocycles. The van der Waals surface area contributed by atoms with Crippen molar-refractivity contribution in [2.45, 2.75) is 31.7 Å². The van der Waals surface area contributed by atoms with E-state index < -0.39 is 12.5 Å². The Morgan fingerprint density at radius 3 is 2.50 bits per heavy atom. The fraction of sp³-hybridized carbons (Fsp3) is 0.500. The van der Waals surface area contributed by atoms with E-state index in [1.54, 1.807) is 0 Å². The van der Waals surface area contributed by atoms with Crippen LogP contribution in [0.15, 0.2) is 24.3 Å². The van der Waals surface area contributed by atoms with E-state index in [-0.39, 0.29) is 0 Å². The van der Waals surface area contributed by atoms with Crippen molar-refractivity contribution in [3.05, 3.63) is 27.8 Å². The Balaban J connectivity index is 2.19. The SMILES string of the molecule is FC(F)C1CCCCN1c1ccc(I)cc1. The van der Waals surface area contributed by atoms with Crippen LogP contribution in [0.5, 0.6) is 0 Å². The van der Waals surface area contributed by atoms with Crippen molar-refractivity contribution < 1.29 is 8.78 Å². The van der Waals surface area contributed by atoms with Gasteiger partial charge in [-0.25, -0.2) is 8.78 Å². The van der Waals surface area contributed by atoms with Crippen molar-refractivity contribution >= 4 is 28.3 Å². The predicted molar refractivity (Wildman–Crippen MR) is 70.1 cm³/mol. The highest BCUT2D eigenvalue weighted by Crippen LogP contribution is 2.28. The highest BCUT2D eigenvalue weighted by Gasteiger charge is 2.29. The Morgan fingerprint density at radius 2 is 1.88 bits per heavy atom. The molecule has 0 amide bonds. The summed E-state index contributed by atoms with van der Waals surface area (Å²) in [5.41, 5.74) is 0.922. The molecule has 0 radical (unpaired) electrons. The summed E-state index contributed by atoms with van der Waals surface area (Å²) in [5.74, 6) is 0. The summed E-state index contributed by atoms with van der Waals surface area (Å²) in [6.45, 7) is 0.746. The van der Waals surface area contributed by atoms with Crippen molar-refractivity contribution in [2.75, 3.05) is 11.4 Å². The lowest BCUT2D eigenvalue weighted by Gasteiger charge is -2.37. The smallest absolute Gasteiger partial charge is 0.258 e. The number of rotatable bonds is 2. The molecule has 1 aromatic rings. The van der Waals surface area contributed by atoms with Gasteiger partial charge in [0.2, 0.25) is 0 Å². The van der Waals surface area contributed by atoms with Gasteiger partial charge < -0.3 is 4.90 Å². The summed E-state index contributed by atoms with van der Waals surface area (Å²) in [6.07, 6.45) is 0.272. The number of alkyl halides is 2. The van der Waals surface area contributed by atoms with E-state index >= 15 is 0 Å². The van der Waals surface area contributed by atoms with Gasteiger partial charge in [-0.15, -0.1) is 0 Å². The third kappa shape index (κ3) is 2.64. The Kier molecular flexibility index (Phi) is 4.00. The summed E-state index contributed by atoms with van der Waals surface area (Å²) in [5, 5.41) is 0. The minimum atomic E-state index is -2.25. The number of benzene rings is 1. The topological polar surface area (TPSA) is 3.24 Å². The van der Waals surface area contributed by atoms with Gasteiger partial charge in [0, 0.05) is 15.8 Å². The summed E-state index contributed by atoms with van der Waals surface area (Å²) < 4.78 is 26.9. The predicted octanol–water partition coefficient (Wildman–Crippen LogP) is 3.92. The highest BCUT2D eigenvalue weighted by molar-refractivity contribution is 14.1. The third-order valence-corrected chi connectivity index (χ3v) is 3.72. The maximum atomic E-state index is 12.9. The lowest BCUT2D eigenvalue weighted by Crippen LogP contribution is -2.44. The van der Waals surface area contributed by atoms with Gasteiger partial charge >= 0.3 is 0 Å². The molecule has 0 saturated carbocycles. The molecule has 1 aromatic carbocycles. The van der Waals surface area contributed by atoms with Crippen molar-refractivity contribution in [1.82, 2.24) is 0 Å². The molecule has 0 aliphatic carbocycles. The molecular formula is C12H14F2IN. The average Bonchev–Trinajstić information content (AvgIpc) is 2.30. The number of piperidine rings is 1. The van der Waals surface area contributed by atoms with E-state index in [1.165, 1.54) is 0 Å². The molecule has 0 bridgehead atoms. The summed E-state index contributed by atoms with van der Waals surface area (Å²) in [4.78, 5) is 1.85. The standard InChI is InChI=1S/C12H14F2IN/c13-12(14)11-3-1-2-8-16(11)10-6-4-9(15)5-7-10/h4-7,11-12H,1-3,8H2. The lowest BCUT2D eigenvalue weighted by atomic mass is 10.0. The van der Waals surface area contributed by atoms with Crippen LogP contribution in [0.1, 0.15) is 19.3 Å². The van der Waals surface area contributed by atoms with Crippen molar-refractivity contribution in [1.29, 1.82) is 0 Å². The van der Waals surface area contributed by atoms with Crippen molar-refractivity contribution in [2.24, 2.45) is 0 Å². The fourth-order valence-corrected chi connectivity index (χ4v) is 2.53. The first-order valence-electron chi connectivity index (χ1n) is 5.49. The molecule has 1 saturated heterocycles. The molecule has 88 valence electrons. The lowest BCUT2D eigenvalue weighted by molar-refractivity contribution is 0.100. The van der Waals surface area contributed by atoms with Gasteiger partial charge in [-0.2, -0.15) is 0 Å². The number of hydrogen-bond acceptors (Lipinski definition) is 1. The average molecular weight is 337 g/mol. The second-order valence-electron chi connectivity index (χ2n) is 4.07. The van der Waals surface area contributed by atoms with E-state index in [1.807, 2.05) is 29.2 Å². The Labute approximate surface area is 108 Å². The Morgan fingerprint density at radius 1 is 1.19 bits per heavy atom. The van der Waals surface area contributed by atoms with E-state index in [9.17, 15) is 8.78 Å². The van der Waals surface area contributed by atoms with Crippen LogP contribution in [0.4, 0.5) is 14.5 Å². The number of nitrogens with zero attached hydrogens (tertiary/aromatic N) is 1. The van der Waals surface area contributed by atoms with Gasteiger partial charge in [-0.1, -0.05) is 0 Å². The second kappa shape index (κ2) is 5.29. The minimum Gasteiger partial charge on any atom is -0.363 e. The van der Waals surface area contributed by atoms with Crippen molar-refractivity contribution in [3.8, 4) is 0 Å². The highest BCUT2D eigenvalue weighted by atomic mass is 127.